The Kier molecular flexibility index (Phi) is 6.99. The van der Waals surface area contributed by atoms with Crippen molar-refractivity contribution in [1.29, 1.82) is 0 Å². The molecule has 1 rings (SSSR count). The van der Waals surface area contributed by atoms with Crippen LogP contribution in [0.1, 0.15) is 0 Å². The van der Waals surface area contributed by atoms with Gasteiger partial charge in [0.15, 0.2) is 0 Å². The molecule has 0 saturated heterocycles. The number of rotatable bonds is 0. The van der Waals surface area contributed by atoms with Crippen molar-refractivity contribution < 1.29 is 0 Å². The van der Waals surface area contributed by atoms with E-state index in [-0.39, 0.29) is 0 Å². The average Bonchev–Trinajstić information content (AvgIpc) is 1.93. The van der Waals surface area contributed by atoms with Crippen LogP contribution in [0.25, 0.3) is 0 Å². The normalized spacial score (nSPS) is 6.78. The molecule has 0 bridgehead atoms. The van der Waals surface area contributed by atoms with Gasteiger partial charge in [-0.1, -0.05) is 6.07 Å². The van der Waals surface area contributed by atoms with Gasteiger partial charge in [-0.05, 0) is 12.1 Å². The Morgan fingerprint density at radius 2 is 1.67 bits per heavy atom. The summed E-state index contributed by atoms with van der Waals surface area (Å²) < 4.78 is 0. The maximum absolute atomic E-state index is 3.78. The minimum absolute atomic E-state index is 1.55. The molecule has 0 N–H and O–H groups in total. The molecule has 2 heteroatoms. The van der Waals surface area contributed by atoms with Gasteiger partial charge < -0.3 is 0 Å². The van der Waals surface area contributed by atoms with Gasteiger partial charge in [0.1, 0.15) is 0 Å². The second-order valence-electron chi connectivity index (χ2n) is 1.26. The number of pyridine rings is 1. The van der Waals surface area contributed by atoms with Crippen LogP contribution in [-0.4, -0.2) is 21.8 Å². The van der Waals surface area contributed by atoms with Gasteiger partial charge in [0.05, 0.1) is 0 Å². The third kappa shape index (κ3) is 7.45. The molecule has 0 aliphatic rings. The van der Waals surface area contributed by atoms with Crippen LogP contribution in [-0.2, 0) is 0 Å². The van der Waals surface area contributed by atoms with Crippen molar-refractivity contribution in [3.63, 3.8) is 0 Å². The van der Waals surface area contributed by atoms with E-state index < -0.39 is 0 Å². The number of aromatic nitrogens is 1. The van der Waals surface area contributed by atoms with E-state index in [0.717, 1.165) is 0 Å². The summed E-state index contributed by atoms with van der Waals surface area (Å²) in [6, 6.07) is 5.72. The van der Waals surface area contributed by atoms with Crippen LogP contribution in [0.5, 0.6) is 0 Å². The zero-order valence-electron chi connectivity index (χ0n) is 5.20. The topological polar surface area (TPSA) is 12.9 Å². The van der Waals surface area contributed by atoms with Gasteiger partial charge in [0.2, 0.25) is 0 Å². The molecule has 1 unspecified atom stereocenters. The maximum atomic E-state index is 3.78. The molecule has 0 aromatic carbocycles. The number of hydrogen-bond acceptors (Lipinski definition) is 1. The van der Waals surface area contributed by atoms with Crippen LogP contribution in [0.3, 0.4) is 0 Å². The molecule has 1 nitrogen and oxygen atoms in total. The quantitative estimate of drug-likeness (QED) is 0.543. The zero-order chi connectivity index (χ0) is 6.95. The molecule has 0 saturated carbocycles. The minimum atomic E-state index is 1.55. The minimum Gasteiger partial charge on any atom is -0.265 e. The molecular weight excluding hydrogens is 173 g/mol. The molecule has 1 atom stereocenters. The predicted octanol–water partition coefficient (Wildman–Crippen LogP) is 0.845. The summed E-state index contributed by atoms with van der Waals surface area (Å²) in [7, 11) is 0. The Hall–Kier alpha value is -0.552. The molecule has 9 heavy (non-hydrogen) atoms. The van der Waals surface area contributed by atoms with Crippen molar-refractivity contribution in [3.05, 3.63) is 42.0 Å². The molecule has 0 aliphatic heterocycles. The van der Waals surface area contributed by atoms with E-state index in [4.69, 9.17) is 0 Å². The van der Waals surface area contributed by atoms with Gasteiger partial charge in [-0.25, -0.2) is 0 Å². The van der Waals surface area contributed by atoms with E-state index in [9.17, 15) is 0 Å². The molecule has 48 valence electrons. The second kappa shape index (κ2) is 7.45. The second-order valence-corrected chi connectivity index (χ2v) is 2.25. The molecule has 0 aliphatic carbocycles. The van der Waals surface area contributed by atoms with E-state index in [1.54, 1.807) is 29.2 Å². The van der Waals surface area contributed by atoms with Crippen molar-refractivity contribution in [1.82, 2.24) is 4.98 Å². The molecule has 1 heterocycles. The standard InChI is InChI=1S/C5H5N.C2H5As/c1-2-4-6-5-3-1;1-2-3/h1-5H;2H,1,3H2. The average molecular weight is 183 g/mol. The summed E-state index contributed by atoms with van der Waals surface area (Å²) in [5.41, 5.74) is 0. The molecule has 0 amide bonds. The molecule has 0 radical (unpaired) electrons. The first-order chi connectivity index (χ1) is 4.41. The largest absolute Gasteiger partial charge is 0.265 e. The van der Waals surface area contributed by atoms with E-state index in [1.807, 2.05) is 23.1 Å². The fraction of sp³-hybridized carbons (Fsp3) is 0. The van der Waals surface area contributed by atoms with Gasteiger partial charge in [-0.2, -0.15) is 0 Å². The van der Waals surface area contributed by atoms with Gasteiger partial charge >= 0.3 is 28.3 Å². The Balaban J connectivity index is 0.000000187. The number of hydrogen-bond donors (Lipinski definition) is 0. The van der Waals surface area contributed by atoms with E-state index >= 15 is 0 Å². The first kappa shape index (κ1) is 8.45. The van der Waals surface area contributed by atoms with Gasteiger partial charge in [-0.3, -0.25) is 4.98 Å². The summed E-state index contributed by atoms with van der Waals surface area (Å²) in [4.78, 5) is 5.60. The fourth-order valence-corrected chi connectivity index (χ4v) is 0.313. The van der Waals surface area contributed by atoms with Crippen LogP contribution >= 0.6 is 0 Å². The fourth-order valence-electron chi connectivity index (χ4n) is 0.313. The van der Waals surface area contributed by atoms with Crippen LogP contribution in [0, 0.1) is 0 Å². The van der Waals surface area contributed by atoms with E-state index in [0.29, 0.717) is 0 Å². The number of nitrogens with zero attached hydrogens (tertiary/aromatic N) is 1. The monoisotopic (exact) mass is 183 g/mol. The van der Waals surface area contributed by atoms with Crippen LogP contribution in [0.15, 0.2) is 42.0 Å². The molecular formula is C7H10AsN. The third-order valence-electron chi connectivity index (χ3n) is 0.566. The maximum Gasteiger partial charge on any atom is 0.0267 e. The zero-order valence-corrected chi connectivity index (χ0v) is 7.62. The summed E-state index contributed by atoms with van der Waals surface area (Å²) in [6.07, 6.45) is 3.50. The Morgan fingerprint density at radius 3 is 1.78 bits per heavy atom. The van der Waals surface area contributed by atoms with Crippen molar-refractivity contribution in [3.8, 4) is 0 Å². The van der Waals surface area contributed by atoms with Crippen molar-refractivity contribution in [2.45, 2.75) is 0 Å². The Labute approximate surface area is 64.3 Å². The molecule has 0 fully saturated rings. The molecule has 0 spiro atoms. The summed E-state index contributed by atoms with van der Waals surface area (Å²) in [5, 5.41) is 0. The predicted molar refractivity (Wildman–Crippen MR) is 43.0 cm³/mol. The van der Waals surface area contributed by atoms with Gasteiger partial charge in [-0.15, -0.1) is 0 Å². The first-order valence-corrected chi connectivity index (χ1v) is 3.99. The van der Waals surface area contributed by atoms with Crippen LogP contribution in [0.4, 0.5) is 0 Å². The SMILES string of the molecule is C=C[AsH2].c1ccncc1. The Morgan fingerprint density at radius 1 is 1.22 bits per heavy atom. The third-order valence-corrected chi connectivity index (χ3v) is 0.566. The smallest absolute Gasteiger partial charge is 0.0267 e. The van der Waals surface area contributed by atoms with Crippen LogP contribution in [0.2, 0.25) is 0 Å². The van der Waals surface area contributed by atoms with Crippen molar-refractivity contribution in [2.24, 2.45) is 0 Å². The summed E-state index contributed by atoms with van der Waals surface area (Å²) >= 11 is 1.55. The summed E-state index contributed by atoms with van der Waals surface area (Å²) in [6.45, 7) is 3.39. The van der Waals surface area contributed by atoms with Crippen molar-refractivity contribution in [2.75, 3.05) is 0 Å². The Bertz CT molecular complexity index is 112. The van der Waals surface area contributed by atoms with Crippen molar-refractivity contribution >= 4 is 16.9 Å². The van der Waals surface area contributed by atoms with Gasteiger partial charge in [0.25, 0.3) is 0 Å². The molecule has 1 aromatic heterocycles. The van der Waals surface area contributed by atoms with E-state index in [2.05, 4.69) is 11.6 Å². The first-order valence-electron chi connectivity index (χ1n) is 2.59. The molecule has 1 aromatic rings. The van der Waals surface area contributed by atoms with E-state index in [1.165, 1.54) is 0 Å². The van der Waals surface area contributed by atoms with Crippen LogP contribution < -0.4 is 0 Å². The summed E-state index contributed by atoms with van der Waals surface area (Å²) in [5.74, 6) is 0. The van der Waals surface area contributed by atoms with Gasteiger partial charge in [0, 0.05) is 12.4 Å².